The molecule has 0 aliphatic rings. The zero-order chi connectivity index (χ0) is 22.0. The maximum Gasteiger partial charge on any atom is 0.418 e. The first-order valence-electron chi connectivity index (χ1n) is 8.02. The molecule has 0 amide bonds. The summed E-state index contributed by atoms with van der Waals surface area (Å²) in [7, 11) is 0. The summed E-state index contributed by atoms with van der Waals surface area (Å²) in [6, 6.07) is 3.47. The first-order valence-corrected chi connectivity index (χ1v) is 8.40. The number of ether oxygens (including phenoxy) is 1. The SMILES string of the molecule is CCCOC/C(=N\c1ccc(Cl)cc1C(F)(F)F)n1ccnc1.O=C(O)C(=O)O. The summed E-state index contributed by atoms with van der Waals surface area (Å²) in [6.07, 6.45) is 0.816. The lowest BCUT2D eigenvalue weighted by Gasteiger charge is -2.13. The van der Waals surface area contributed by atoms with Crippen LogP contribution in [-0.2, 0) is 20.5 Å². The molecule has 158 valence electrons. The van der Waals surface area contributed by atoms with E-state index in [4.69, 9.17) is 36.1 Å². The number of hydrogen-bond donors (Lipinski definition) is 2. The molecule has 2 N–H and O–H groups in total. The topological polar surface area (TPSA) is 114 Å². The van der Waals surface area contributed by atoms with E-state index in [2.05, 4.69) is 9.98 Å². The molecule has 1 aromatic heterocycles. The fourth-order valence-electron chi connectivity index (χ4n) is 1.86. The second-order valence-corrected chi connectivity index (χ2v) is 5.76. The van der Waals surface area contributed by atoms with Gasteiger partial charge in [0.15, 0.2) is 0 Å². The minimum absolute atomic E-state index is 0.00249. The maximum absolute atomic E-state index is 13.1. The number of aliphatic imine (C=N–C) groups is 1. The lowest BCUT2D eigenvalue weighted by molar-refractivity contribution is -0.159. The summed E-state index contributed by atoms with van der Waals surface area (Å²) in [5, 5.41) is 14.8. The molecule has 0 spiro atoms. The highest BCUT2D eigenvalue weighted by atomic mass is 35.5. The molecule has 0 saturated carbocycles. The molecule has 0 unspecified atom stereocenters. The highest BCUT2D eigenvalue weighted by Crippen LogP contribution is 2.38. The van der Waals surface area contributed by atoms with Gasteiger partial charge in [-0.1, -0.05) is 18.5 Å². The number of halogens is 4. The Kier molecular flexibility index (Phi) is 9.29. The summed E-state index contributed by atoms with van der Waals surface area (Å²) in [6.45, 7) is 2.50. The van der Waals surface area contributed by atoms with Crippen molar-refractivity contribution in [2.75, 3.05) is 13.2 Å². The molecule has 8 nitrogen and oxygen atoms in total. The predicted octanol–water partition coefficient (Wildman–Crippen LogP) is 3.72. The fourth-order valence-corrected chi connectivity index (χ4v) is 2.03. The van der Waals surface area contributed by atoms with Crippen LogP contribution >= 0.6 is 11.6 Å². The van der Waals surface area contributed by atoms with Crippen LogP contribution < -0.4 is 0 Å². The van der Waals surface area contributed by atoms with E-state index in [1.165, 1.54) is 29.2 Å². The average molecular weight is 436 g/mol. The van der Waals surface area contributed by atoms with E-state index in [0.717, 1.165) is 12.5 Å². The number of carboxylic acids is 2. The Hall–Kier alpha value is -2.92. The molecule has 0 saturated heterocycles. The van der Waals surface area contributed by atoms with Crippen molar-refractivity contribution >= 4 is 35.1 Å². The van der Waals surface area contributed by atoms with Gasteiger partial charge in [-0.2, -0.15) is 13.2 Å². The third-order valence-electron chi connectivity index (χ3n) is 3.08. The molecule has 2 aromatic rings. The van der Waals surface area contributed by atoms with E-state index in [1.54, 1.807) is 6.20 Å². The largest absolute Gasteiger partial charge is 0.473 e. The van der Waals surface area contributed by atoms with Crippen LogP contribution in [-0.4, -0.2) is 50.8 Å². The summed E-state index contributed by atoms with van der Waals surface area (Å²) >= 11 is 5.67. The molecule has 0 bridgehead atoms. The van der Waals surface area contributed by atoms with Gasteiger partial charge in [0.25, 0.3) is 0 Å². The number of carbonyl (C=O) groups is 2. The quantitative estimate of drug-likeness (QED) is 0.320. The number of nitrogens with zero attached hydrogens (tertiary/aromatic N) is 3. The monoisotopic (exact) mass is 435 g/mol. The van der Waals surface area contributed by atoms with E-state index < -0.39 is 23.7 Å². The number of imidazole rings is 1. The van der Waals surface area contributed by atoms with Gasteiger partial charge in [0.05, 0.1) is 11.3 Å². The van der Waals surface area contributed by atoms with Gasteiger partial charge in [-0.05, 0) is 24.6 Å². The molecule has 1 heterocycles. The van der Waals surface area contributed by atoms with Crippen molar-refractivity contribution in [3.63, 3.8) is 0 Å². The van der Waals surface area contributed by atoms with Crippen LogP contribution in [0.3, 0.4) is 0 Å². The minimum atomic E-state index is -4.55. The number of carboxylic acid groups (broad SMARTS) is 2. The minimum Gasteiger partial charge on any atom is -0.473 e. The molecular formula is C17H17ClF3N3O5. The molecule has 2 rings (SSSR count). The lowest BCUT2D eigenvalue weighted by Crippen LogP contribution is -2.18. The lowest BCUT2D eigenvalue weighted by atomic mass is 10.1. The molecule has 0 aliphatic heterocycles. The highest BCUT2D eigenvalue weighted by Gasteiger charge is 2.34. The number of rotatable bonds is 5. The molecule has 29 heavy (non-hydrogen) atoms. The number of benzene rings is 1. The van der Waals surface area contributed by atoms with Crippen molar-refractivity contribution in [3.8, 4) is 0 Å². The van der Waals surface area contributed by atoms with Crippen molar-refractivity contribution in [1.82, 2.24) is 9.55 Å². The Morgan fingerprint density at radius 2 is 1.93 bits per heavy atom. The number of aliphatic carboxylic acids is 2. The fraction of sp³-hybridized carbons (Fsp3) is 0.294. The van der Waals surface area contributed by atoms with Gasteiger partial charge >= 0.3 is 18.1 Å². The highest BCUT2D eigenvalue weighted by molar-refractivity contribution is 6.30. The van der Waals surface area contributed by atoms with Crippen molar-refractivity contribution in [1.29, 1.82) is 0 Å². The van der Waals surface area contributed by atoms with Gasteiger partial charge in [0, 0.05) is 24.0 Å². The molecule has 0 fully saturated rings. The van der Waals surface area contributed by atoms with E-state index in [9.17, 15) is 13.2 Å². The van der Waals surface area contributed by atoms with E-state index in [1.807, 2.05) is 6.92 Å². The summed E-state index contributed by atoms with van der Waals surface area (Å²) in [5.74, 6) is -3.34. The Balaban J connectivity index is 0.000000612. The number of hydrogen-bond acceptors (Lipinski definition) is 5. The zero-order valence-electron chi connectivity index (χ0n) is 15.1. The van der Waals surface area contributed by atoms with Crippen molar-refractivity contribution in [3.05, 3.63) is 47.5 Å². The van der Waals surface area contributed by atoms with Crippen molar-refractivity contribution < 1.29 is 37.7 Å². The second-order valence-electron chi connectivity index (χ2n) is 5.32. The Bertz CT molecular complexity index is 842. The molecule has 1 aromatic carbocycles. The van der Waals surface area contributed by atoms with Crippen LogP contribution in [0.1, 0.15) is 18.9 Å². The predicted molar refractivity (Wildman–Crippen MR) is 97.6 cm³/mol. The summed E-state index contributed by atoms with van der Waals surface area (Å²) < 4.78 is 46.4. The van der Waals surface area contributed by atoms with Crippen LogP contribution in [0.2, 0.25) is 5.02 Å². The summed E-state index contributed by atoms with van der Waals surface area (Å²) in [4.78, 5) is 26.2. The Labute approximate surface area is 168 Å². The molecule has 12 heteroatoms. The molecule has 0 atom stereocenters. The van der Waals surface area contributed by atoms with Crippen LogP contribution in [0.15, 0.2) is 41.9 Å². The van der Waals surface area contributed by atoms with Crippen LogP contribution in [0.5, 0.6) is 0 Å². The van der Waals surface area contributed by atoms with Gasteiger partial charge < -0.3 is 14.9 Å². The van der Waals surface area contributed by atoms with Gasteiger partial charge in [0.1, 0.15) is 18.8 Å². The van der Waals surface area contributed by atoms with Crippen LogP contribution in [0, 0.1) is 0 Å². The molecule has 0 radical (unpaired) electrons. The third kappa shape index (κ3) is 8.32. The van der Waals surface area contributed by atoms with E-state index in [-0.39, 0.29) is 17.3 Å². The number of aromatic nitrogens is 2. The van der Waals surface area contributed by atoms with Crippen LogP contribution in [0.25, 0.3) is 0 Å². The van der Waals surface area contributed by atoms with Gasteiger partial charge in [-0.3, -0.25) is 4.57 Å². The van der Waals surface area contributed by atoms with Crippen molar-refractivity contribution in [2.45, 2.75) is 19.5 Å². The zero-order valence-corrected chi connectivity index (χ0v) is 15.8. The normalized spacial score (nSPS) is 11.6. The number of alkyl halides is 3. The summed E-state index contributed by atoms with van der Waals surface area (Å²) in [5.41, 5.74) is -1.11. The maximum atomic E-state index is 13.1. The smallest absolute Gasteiger partial charge is 0.418 e. The van der Waals surface area contributed by atoms with Gasteiger partial charge in [-0.15, -0.1) is 0 Å². The standard InChI is InChI=1S/C15H15ClF3N3O.C2H2O4/c1-2-7-23-9-14(22-6-5-20-10-22)21-13-4-3-11(16)8-12(13)15(17,18)19;3-1(4)2(5)6/h3-6,8,10H,2,7,9H2,1H3;(H,3,4)(H,5,6)/b21-14+;. The van der Waals surface area contributed by atoms with Gasteiger partial charge in [-0.25, -0.2) is 19.6 Å². The van der Waals surface area contributed by atoms with E-state index >= 15 is 0 Å². The van der Waals surface area contributed by atoms with Crippen molar-refractivity contribution in [2.24, 2.45) is 4.99 Å². The first kappa shape index (κ1) is 24.1. The van der Waals surface area contributed by atoms with Crippen LogP contribution in [0.4, 0.5) is 18.9 Å². The molecule has 0 aliphatic carbocycles. The first-order chi connectivity index (χ1) is 13.6. The molecular weight excluding hydrogens is 419 g/mol. The average Bonchev–Trinajstić information content (AvgIpc) is 3.16. The van der Waals surface area contributed by atoms with Gasteiger partial charge in [0.2, 0.25) is 0 Å². The Morgan fingerprint density at radius 1 is 1.28 bits per heavy atom. The second kappa shape index (κ2) is 11.2. The Morgan fingerprint density at radius 3 is 2.41 bits per heavy atom. The third-order valence-corrected chi connectivity index (χ3v) is 3.31. The van der Waals surface area contributed by atoms with E-state index in [0.29, 0.717) is 12.4 Å².